The molecule has 0 fully saturated rings. The Morgan fingerprint density at radius 3 is 2.65 bits per heavy atom. The Bertz CT molecular complexity index is 1450. The number of benzene rings is 3. The van der Waals surface area contributed by atoms with Gasteiger partial charge >= 0.3 is 0 Å². The lowest BCUT2D eigenvalue weighted by Crippen LogP contribution is -2.00. The van der Waals surface area contributed by atoms with Crippen LogP contribution in [-0.2, 0) is 13.0 Å². The molecule has 0 bridgehead atoms. The molecular formula is C28H21N3. The molecule has 0 amide bonds. The normalized spacial score (nSPS) is 11.3. The molecule has 2 heterocycles. The van der Waals surface area contributed by atoms with Crippen LogP contribution in [0, 0.1) is 11.3 Å². The first-order valence-electron chi connectivity index (χ1n) is 10.4. The van der Waals surface area contributed by atoms with Crippen molar-refractivity contribution in [2.24, 2.45) is 0 Å². The van der Waals surface area contributed by atoms with E-state index in [1.165, 1.54) is 10.9 Å². The van der Waals surface area contributed by atoms with Gasteiger partial charge in [0.25, 0.3) is 0 Å². The summed E-state index contributed by atoms with van der Waals surface area (Å²) in [6.07, 6.45) is 6.69. The number of nitrogens with zero attached hydrogens (tertiary/aromatic N) is 3. The topological polar surface area (TPSA) is 41.6 Å². The second-order valence-corrected chi connectivity index (χ2v) is 7.64. The highest BCUT2D eigenvalue weighted by Gasteiger charge is 2.07. The van der Waals surface area contributed by atoms with Gasteiger partial charge in [0.1, 0.15) is 0 Å². The van der Waals surface area contributed by atoms with Crippen LogP contribution in [-0.4, -0.2) is 9.55 Å². The molecule has 5 rings (SSSR count). The molecule has 2 aromatic heterocycles. The molecule has 0 aliphatic carbocycles. The zero-order valence-electron chi connectivity index (χ0n) is 17.1. The number of nitriles is 1. The molecule has 5 aromatic rings. The van der Waals surface area contributed by atoms with E-state index in [0.717, 1.165) is 39.8 Å². The number of pyridine rings is 1. The Morgan fingerprint density at radius 1 is 0.839 bits per heavy atom. The maximum Gasteiger partial charge on any atom is 0.0709 e. The van der Waals surface area contributed by atoms with Crippen LogP contribution >= 0.6 is 0 Å². The van der Waals surface area contributed by atoms with Crippen molar-refractivity contribution in [3.05, 3.63) is 114 Å². The van der Waals surface area contributed by atoms with Crippen LogP contribution in [0.15, 0.2) is 91.1 Å². The quantitative estimate of drug-likeness (QED) is 0.340. The third-order valence-corrected chi connectivity index (χ3v) is 5.51. The lowest BCUT2D eigenvalue weighted by atomic mass is 10.1. The van der Waals surface area contributed by atoms with E-state index in [1.807, 2.05) is 36.4 Å². The number of hydrogen-bond acceptors (Lipinski definition) is 2. The highest BCUT2D eigenvalue weighted by molar-refractivity contribution is 5.84. The van der Waals surface area contributed by atoms with Crippen LogP contribution in [0.1, 0.15) is 22.4 Å². The van der Waals surface area contributed by atoms with E-state index < -0.39 is 0 Å². The maximum atomic E-state index is 9.17. The summed E-state index contributed by atoms with van der Waals surface area (Å²) in [4.78, 5) is 4.72. The monoisotopic (exact) mass is 399 g/mol. The molecule has 0 atom stereocenters. The maximum absolute atomic E-state index is 9.17. The van der Waals surface area contributed by atoms with Gasteiger partial charge in [-0.2, -0.15) is 5.26 Å². The Morgan fingerprint density at radius 2 is 1.71 bits per heavy atom. The Balaban J connectivity index is 1.41. The van der Waals surface area contributed by atoms with Crippen LogP contribution in [0.2, 0.25) is 0 Å². The summed E-state index contributed by atoms with van der Waals surface area (Å²) >= 11 is 0. The molecule has 0 saturated carbocycles. The third-order valence-electron chi connectivity index (χ3n) is 5.51. The first kappa shape index (κ1) is 18.8. The molecule has 0 unspecified atom stereocenters. The van der Waals surface area contributed by atoms with Crippen molar-refractivity contribution < 1.29 is 0 Å². The molecule has 148 valence electrons. The fourth-order valence-corrected chi connectivity index (χ4v) is 4.05. The van der Waals surface area contributed by atoms with E-state index in [0.29, 0.717) is 6.42 Å². The number of aromatic nitrogens is 2. The fourth-order valence-electron chi connectivity index (χ4n) is 4.05. The van der Waals surface area contributed by atoms with Gasteiger partial charge in [0, 0.05) is 18.1 Å². The Labute approximate surface area is 181 Å². The van der Waals surface area contributed by atoms with Crippen molar-refractivity contribution in [2.75, 3.05) is 0 Å². The number of fused-ring (bicyclic) bond motifs is 2. The van der Waals surface area contributed by atoms with Crippen LogP contribution in [0.25, 0.3) is 34.0 Å². The van der Waals surface area contributed by atoms with E-state index in [1.54, 1.807) is 0 Å². The smallest absolute Gasteiger partial charge is 0.0709 e. The lowest BCUT2D eigenvalue weighted by molar-refractivity contribution is 0.833. The van der Waals surface area contributed by atoms with Gasteiger partial charge in [-0.3, -0.25) is 0 Å². The van der Waals surface area contributed by atoms with E-state index in [9.17, 15) is 5.26 Å². The molecule has 3 nitrogen and oxygen atoms in total. The highest BCUT2D eigenvalue weighted by Crippen LogP contribution is 2.22. The standard InChI is InChI=1S/C28H21N3/c29-17-15-24-8-4-9-25-16-18-31(28(24)25)20-22-6-3-5-21(19-22)11-13-26-14-12-23-7-1-2-10-27(23)30-26/h1-14,16,18-19H,15,20H2. The lowest BCUT2D eigenvalue weighted by Gasteiger charge is -2.09. The van der Waals surface area contributed by atoms with Gasteiger partial charge in [-0.05, 0) is 52.4 Å². The van der Waals surface area contributed by atoms with Crippen LogP contribution < -0.4 is 0 Å². The second-order valence-electron chi connectivity index (χ2n) is 7.64. The average Bonchev–Trinajstić information content (AvgIpc) is 3.22. The molecular weight excluding hydrogens is 378 g/mol. The van der Waals surface area contributed by atoms with Gasteiger partial charge in [-0.15, -0.1) is 0 Å². The van der Waals surface area contributed by atoms with Crippen molar-refractivity contribution in [2.45, 2.75) is 13.0 Å². The summed E-state index contributed by atoms with van der Waals surface area (Å²) in [5, 5.41) is 11.5. The number of hydrogen-bond donors (Lipinski definition) is 0. The summed E-state index contributed by atoms with van der Waals surface area (Å²) < 4.78 is 2.23. The van der Waals surface area contributed by atoms with E-state index in [4.69, 9.17) is 4.98 Å². The summed E-state index contributed by atoms with van der Waals surface area (Å²) in [6.45, 7) is 0.766. The minimum atomic E-state index is 0.420. The average molecular weight is 399 g/mol. The molecule has 3 heteroatoms. The predicted octanol–water partition coefficient (Wildman–Crippen LogP) is 6.47. The largest absolute Gasteiger partial charge is 0.343 e. The summed E-state index contributed by atoms with van der Waals surface area (Å²) in [7, 11) is 0. The second kappa shape index (κ2) is 8.30. The minimum absolute atomic E-state index is 0.420. The minimum Gasteiger partial charge on any atom is -0.343 e. The molecule has 0 aliphatic heterocycles. The Hall–Kier alpha value is -4.16. The van der Waals surface area contributed by atoms with E-state index >= 15 is 0 Å². The van der Waals surface area contributed by atoms with Gasteiger partial charge in [-0.1, -0.05) is 66.7 Å². The highest BCUT2D eigenvalue weighted by atomic mass is 15.0. The van der Waals surface area contributed by atoms with E-state index in [-0.39, 0.29) is 0 Å². The van der Waals surface area contributed by atoms with Gasteiger partial charge in [0.15, 0.2) is 0 Å². The molecule has 0 aliphatic rings. The van der Waals surface area contributed by atoms with Crippen LogP contribution in [0.5, 0.6) is 0 Å². The van der Waals surface area contributed by atoms with Crippen molar-refractivity contribution in [1.82, 2.24) is 9.55 Å². The predicted molar refractivity (Wildman–Crippen MR) is 127 cm³/mol. The molecule has 0 radical (unpaired) electrons. The molecule has 0 saturated heterocycles. The zero-order chi connectivity index (χ0) is 21.0. The first-order valence-corrected chi connectivity index (χ1v) is 10.4. The fraction of sp³-hybridized carbons (Fsp3) is 0.0714. The molecule has 31 heavy (non-hydrogen) atoms. The summed E-state index contributed by atoms with van der Waals surface area (Å²) in [5.74, 6) is 0. The number of para-hydroxylation sites is 2. The van der Waals surface area contributed by atoms with Gasteiger partial charge in [-0.25, -0.2) is 4.98 Å². The SMILES string of the molecule is N#CCc1cccc2ccn(Cc3cccc(C=Cc4ccc5ccccc5n4)c3)c12. The molecule has 3 aromatic carbocycles. The molecule has 0 spiro atoms. The van der Waals surface area contributed by atoms with Crippen LogP contribution in [0.4, 0.5) is 0 Å². The van der Waals surface area contributed by atoms with Crippen LogP contribution in [0.3, 0.4) is 0 Å². The molecule has 0 N–H and O–H groups in total. The number of rotatable bonds is 5. The van der Waals surface area contributed by atoms with Crippen molar-refractivity contribution >= 4 is 34.0 Å². The Kier molecular flexibility index (Phi) is 5.04. The van der Waals surface area contributed by atoms with Gasteiger partial charge in [0.05, 0.1) is 29.2 Å². The van der Waals surface area contributed by atoms with Crippen molar-refractivity contribution in [1.29, 1.82) is 5.26 Å². The first-order chi connectivity index (χ1) is 15.3. The third kappa shape index (κ3) is 3.97. The summed E-state index contributed by atoms with van der Waals surface area (Å²) in [5.41, 5.74) is 6.53. The summed E-state index contributed by atoms with van der Waals surface area (Å²) in [6, 6.07) is 31.4. The van der Waals surface area contributed by atoms with Gasteiger partial charge < -0.3 is 4.57 Å². The van der Waals surface area contributed by atoms with E-state index in [2.05, 4.69) is 77.5 Å². The van der Waals surface area contributed by atoms with Gasteiger partial charge in [0.2, 0.25) is 0 Å². The zero-order valence-corrected chi connectivity index (χ0v) is 17.1. The van der Waals surface area contributed by atoms with Crippen molar-refractivity contribution in [3.63, 3.8) is 0 Å². The van der Waals surface area contributed by atoms with Crippen molar-refractivity contribution in [3.8, 4) is 6.07 Å².